The van der Waals surface area contributed by atoms with Crippen LogP contribution in [0.25, 0.3) is 0 Å². The predicted molar refractivity (Wildman–Crippen MR) is 73.6 cm³/mol. The van der Waals surface area contributed by atoms with Crippen molar-refractivity contribution in [2.45, 2.75) is 6.42 Å². The Morgan fingerprint density at radius 2 is 2.33 bits per heavy atom. The topological polar surface area (TPSA) is 29.5 Å². The van der Waals surface area contributed by atoms with Crippen molar-refractivity contribution in [3.8, 4) is 0 Å². The zero-order chi connectivity index (χ0) is 13.0. The highest BCUT2D eigenvalue weighted by Crippen LogP contribution is 2.28. The van der Waals surface area contributed by atoms with Gasteiger partial charge in [0.15, 0.2) is 0 Å². The Labute approximate surface area is 112 Å². The summed E-state index contributed by atoms with van der Waals surface area (Å²) in [6.07, 6.45) is 3.97. The fourth-order valence-corrected chi connectivity index (χ4v) is 2.41. The molecule has 0 fully saturated rings. The van der Waals surface area contributed by atoms with Crippen molar-refractivity contribution < 1.29 is 9.53 Å². The number of methoxy groups -OCH3 is 1. The van der Waals surface area contributed by atoms with Gasteiger partial charge in [-0.15, -0.1) is 0 Å². The molecular weight excluding hydrogens is 250 g/mol. The summed E-state index contributed by atoms with van der Waals surface area (Å²) in [4.78, 5) is 12.9. The minimum absolute atomic E-state index is 0.608. The molecule has 0 N–H and O–H groups in total. The zero-order valence-electron chi connectivity index (χ0n) is 10.4. The second kappa shape index (κ2) is 6.03. The van der Waals surface area contributed by atoms with Crippen molar-refractivity contribution in [2.75, 3.05) is 31.7 Å². The molecule has 0 spiro atoms. The van der Waals surface area contributed by atoms with Crippen LogP contribution in [0.3, 0.4) is 0 Å². The number of carbonyl (C=O) groups excluding carboxylic acids is 1. The minimum atomic E-state index is 0.608. The molecule has 0 bridgehead atoms. The maximum absolute atomic E-state index is 10.7. The van der Waals surface area contributed by atoms with Crippen LogP contribution in [0.15, 0.2) is 29.8 Å². The normalized spacial score (nSPS) is 15.4. The van der Waals surface area contributed by atoms with Gasteiger partial charge < -0.3 is 9.64 Å². The zero-order valence-corrected chi connectivity index (χ0v) is 11.1. The summed E-state index contributed by atoms with van der Waals surface area (Å²) in [7, 11) is 1.71. The summed E-state index contributed by atoms with van der Waals surface area (Å²) in [6, 6.07) is 5.40. The van der Waals surface area contributed by atoms with Gasteiger partial charge in [0.1, 0.15) is 6.29 Å². The first-order valence-corrected chi connectivity index (χ1v) is 6.29. The molecule has 0 unspecified atom stereocenters. The highest BCUT2D eigenvalue weighted by atomic mass is 35.5. The van der Waals surface area contributed by atoms with Gasteiger partial charge in [-0.3, -0.25) is 4.79 Å². The number of halogens is 1. The second-order valence-electron chi connectivity index (χ2n) is 4.32. The molecule has 1 aliphatic heterocycles. The van der Waals surface area contributed by atoms with Gasteiger partial charge in [-0.05, 0) is 30.2 Å². The molecule has 4 heteroatoms. The Morgan fingerprint density at radius 1 is 1.50 bits per heavy atom. The van der Waals surface area contributed by atoms with E-state index in [1.165, 1.54) is 5.57 Å². The number of ether oxygens (including phenoxy) is 1. The molecule has 0 saturated carbocycles. The van der Waals surface area contributed by atoms with E-state index in [2.05, 4.69) is 11.0 Å². The van der Waals surface area contributed by atoms with E-state index in [1.54, 1.807) is 19.2 Å². The van der Waals surface area contributed by atoms with E-state index in [-0.39, 0.29) is 0 Å². The van der Waals surface area contributed by atoms with E-state index in [0.29, 0.717) is 17.2 Å². The molecule has 0 saturated heterocycles. The average molecular weight is 266 g/mol. The molecule has 3 nitrogen and oxygen atoms in total. The van der Waals surface area contributed by atoms with Crippen LogP contribution in [-0.2, 0) is 4.74 Å². The van der Waals surface area contributed by atoms with Gasteiger partial charge >= 0.3 is 0 Å². The van der Waals surface area contributed by atoms with Gasteiger partial charge in [-0.2, -0.15) is 0 Å². The van der Waals surface area contributed by atoms with E-state index in [9.17, 15) is 4.79 Å². The van der Waals surface area contributed by atoms with Crippen molar-refractivity contribution >= 4 is 23.6 Å². The lowest BCUT2D eigenvalue weighted by molar-refractivity contribution is 0.112. The number of hydrogen-bond donors (Lipinski definition) is 0. The fraction of sp³-hybridized carbons (Fsp3) is 0.357. The van der Waals surface area contributed by atoms with Crippen molar-refractivity contribution in [1.82, 2.24) is 0 Å². The Bertz CT molecular complexity index is 471. The quantitative estimate of drug-likeness (QED) is 0.619. The predicted octanol–water partition coefficient (Wildman–Crippen LogP) is 2.94. The first-order valence-electron chi connectivity index (χ1n) is 5.91. The van der Waals surface area contributed by atoms with Gasteiger partial charge in [0.2, 0.25) is 0 Å². The van der Waals surface area contributed by atoms with Gasteiger partial charge in [-0.1, -0.05) is 17.7 Å². The van der Waals surface area contributed by atoms with Gasteiger partial charge in [0.05, 0.1) is 17.3 Å². The van der Waals surface area contributed by atoms with E-state index < -0.39 is 0 Å². The lowest BCUT2D eigenvalue weighted by atomic mass is 10.1. The molecule has 0 aliphatic carbocycles. The van der Waals surface area contributed by atoms with E-state index in [4.69, 9.17) is 16.3 Å². The first kappa shape index (κ1) is 13.1. The molecule has 0 atom stereocenters. The van der Waals surface area contributed by atoms with Crippen molar-refractivity contribution in [3.63, 3.8) is 0 Å². The maximum atomic E-state index is 10.7. The lowest BCUT2D eigenvalue weighted by Crippen LogP contribution is -2.29. The van der Waals surface area contributed by atoms with E-state index >= 15 is 0 Å². The molecule has 0 amide bonds. The highest BCUT2D eigenvalue weighted by Gasteiger charge is 2.14. The van der Waals surface area contributed by atoms with Crippen molar-refractivity contribution in [3.05, 3.63) is 40.4 Å². The van der Waals surface area contributed by atoms with Crippen LogP contribution in [0.5, 0.6) is 0 Å². The molecule has 96 valence electrons. The Kier molecular flexibility index (Phi) is 4.39. The first-order chi connectivity index (χ1) is 8.74. The van der Waals surface area contributed by atoms with Crippen LogP contribution in [0, 0.1) is 0 Å². The van der Waals surface area contributed by atoms with E-state index in [1.807, 2.05) is 6.07 Å². The number of rotatable bonds is 4. The summed E-state index contributed by atoms with van der Waals surface area (Å²) in [5.74, 6) is 0. The highest BCUT2D eigenvalue weighted by molar-refractivity contribution is 6.33. The Hall–Kier alpha value is -1.32. The van der Waals surface area contributed by atoms with Gasteiger partial charge in [-0.25, -0.2) is 0 Å². The van der Waals surface area contributed by atoms with Crippen LogP contribution in [0.2, 0.25) is 5.02 Å². The standard InChI is InChI=1S/C14H16ClNO2/c1-18-10-11-4-6-16(7-5-11)14-3-2-12(9-17)8-13(14)15/h2-4,8-9H,5-7,10H2,1H3. The van der Waals surface area contributed by atoms with Crippen molar-refractivity contribution in [1.29, 1.82) is 0 Å². The maximum Gasteiger partial charge on any atom is 0.150 e. The van der Waals surface area contributed by atoms with Crippen LogP contribution in [0.4, 0.5) is 5.69 Å². The van der Waals surface area contributed by atoms with Crippen LogP contribution in [0.1, 0.15) is 16.8 Å². The summed E-state index contributed by atoms with van der Waals surface area (Å²) in [6.45, 7) is 2.46. The molecule has 1 aromatic carbocycles. The van der Waals surface area contributed by atoms with Crippen LogP contribution < -0.4 is 4.90 Å². The fourth-order valence-electron chi connectivity index (χ4n) is 2.10. The number of nitrogens with zero attached hydrogens (tertiary/aromatic N) is 1. The Morgan fingerprint density at radius 3 is 2.89 bits per heavy atom. The number of hydrogen-bond acceptors (Lipinski definition) is 3. The molecule has 0 aromatic heterocycles. The monoisotopic (exact) mass is 265 g/mol. The molecule has 18 heavy (non-hydrogen) atoms. The van der Waals surface area contributed by atoms with E-state index in [0.717, 1.165) is 31.5 Å². The lowest BCUT2D eigenvalue weighted by Gasteiger charge is -2.29. The Balaban J connectivity index is 2.12. The van der Waals surface area contributed by atoms with Gasteiger partial charge in [0, 0.05) is 25.8 Å². The molecular formula is C14H16ClNO2. The SMILES string of the molecule is COCC1=CCN(c2ccc(C=O)cc2Cl)CC1. The van der Waals surface area contributed by atoms with Gasteiger partial charge in [0.25, 0.3) is 0 Å². The third-order valence-electron chi connectivity index (χ3n) is 3.08. The smallest absolute Gasteiger partial charge is 0.150 e. The third-order valence-corrected chi connectivity index (χ3v) is 3.38. The number of carbonyl (C=O) groups is 1. The molecule has 1 aromatic rings. The van der Waals surface area contributed by atoms with Crippen LogP contribution in [-0.4, -0.2) is 33.1 Å². The molecule has 0 radical (unpaired) electrons. The largest absolute Gasteiger partial charge is 0.380 e. The second-order valence-corrected chi connectivity index (χ2v) is 4.73. The number of aldehydes is 1. The molecule has 2 rings (SSSR count). The molecule has 1 heterocycles. The summed E-state index contributed by atoms with van der Waals surface area (Å²) in [5, 5.41) is 0.628. The number of anilines is 1. The van der Waals surface area contributed by atoms with Crippen molar-refractivity contribution in [2.24, 2.45) is 0 Å². The summed E-state index contributed by atoms with van der Waals surface area (Å²) < 4.78 is 5.12. The summed E-state index contributed by atoms with van der Waals surface area (Å²) in [5.41, 5.74) is 2.92. The molecule has 1 aliphatic rings. The minimum Gasteiger partial charge on any atom is -0.380 e. The third kappa shape index (κ3) is 2.92. The summed E-state index contributed by atoms with van der Waals surface area (Å²) >= 11 is 6.19. The average Bonchev–Trinajstić information content (AvgIpc) is 2.40. The van der Waals surface area contributed by atoms with Crippen LogP contribution >= 0.6 is 11.6 Å². The number of benzene rings is 1.